The number of hydrogen-bond donors (Lipinski definition) is 1. The molecular formula is C18H35NO2. The minimum Gasteiger partial charge on any atom is -0.375 e. The van der Waals surface area contributed by atoms with Crippen molar-refractivity contribution in [2.75, 3.05) is 19.8 Å². The van der Waals surface area contributed by atoms with E-state index in [2.05, 4.69) is 33.0 Å². The molecule has 0 aliphatic heterocycles. The van der Waals surface area contributed by atoms with Gasteiger partial charge in [0.15, 0.2) is 0 Å². The van der Waals surface area contributed by atoms with Crippen LogP contribution in [0.15, 0.2) is 0 Å². The Morgan fingerprint density at radius 2 is 1.71 bits per heavy atom. The third-order valence-electron chi connectivity index (χ3n) is 5.21. The van der Waals surface area contributed by atoms with Crippen molar-refractivity contribution in [3.8, 4) is 0 Å². The summed E-state index contributed by atoms with van der Waals surface area (Å²) in [5.41, 5.74) is 0.351. The molecule has 2 aliphatic rings. The van der Waals surface area contributed by atoms with Gasteiger partial charge in [-0.1, -0.05) is 32.6 Å². The maximum absolute atomic E-state index is 6.23. The topological polar surface area (TPSA) is 30.5 Å². The molecule has 3 nitrogen and oxygen atoms in total. The minimum absolute atomic E-state index is 0.0602. The summed E-state index contributed by atoms with van der Waals surface area (Å²) in [6.07, 6.45) is 9.87. The Labute approximate surface area is 131 Å². The molecule has 2 saturated carbocycles. The number of hydrogen-bond acceptors (Lipinski definition) is 3. The van der Waals surface area contributed by atoms with Crippen LogP contribution in [-0.4, -0.2) is 37.5 Å². The minimum atomic E-state index is -0.0602. The summed E-state index contributed by atoms with van der Waals surface area (Å²) in [5.74, 6) is 0. The van der Waals surface area contributed by atoms with Gasteiger partial charge in [0.05, 0.1) is 24.9 Å². The predicted octanol–water partition coefficient (Wildman–Crippen LogP) is 3.91. The highest BCUT2D eigenvalue weighted by Crippen LogP contribution is 2.52. The standard InChI is InChI=1S/C18H35NO2/c1-5-19-15-14-16(20-12-13-21-17(2,3)4)18(15)10-8-6-7-9-11-18/h15-16,19H,5-14H2,1-4H3. The number of nitrogens with one attached hydrogen (secondary N) is 1. The van der Waals surface area contributed by atoms with Crippen LogP contribution in [0.5, 0.6) is 0 Å². The van der Waals surface area contributed by atoms with Crippen LogP contribution < -0.4 is 5.32 Å². The van der Waals surface area contributed by atoms with E-state index in [-0.39, 0.29) is 5.60 Å². The molecule has 0 radical (unpaired) electrons. The highest BCUT2D eigenvalue weighted by atomic mass is 16.5. The molecular weight excluding hydrogens is 262 g/mol. The van der Waals surface area contributed by atoms with E-state index in [9.17, 15) is 0 Å². The number of ether oxygens (including phenoxy) is 2. The highest BCUT2D eigenvalue weighted by Gasteiger charge is 2.54. The van der Waals surface area contributed by atoms with E-state index in [0.29, 0.717) is 24.2 Å². The van der Waals surface area contributed by atoms with Crippen LogP contribution in [0.1, 0.15) is 72.6 Å². The first-order chi connectivity index (χ1) is 9.98. The second-order valence-corrected chi connectivity index (χ2v) is 7.81. The van der Waals surface area contributed by atoms with Crippen molar-refractivity contribution in [3.63, 3.8) is 0 Å². The normalized spacial score (nSPS) is 29.1. The molecule has 3 heteroatoms. The monoisotopic (exact) mass is 297 g/mol. The first kappa shape index (κ1) is 17.2. The first-order valence-corrected chi connectivity index (χ1v) is 8.97. The maximum atomic E-state index is 6.23. The molecule has 0 saturated heterocycles. The van der Waals surface area contributed by atoms with Crippen molar-refractivity contribution in [1.29, 1.82) is 0 Å². The summed E-state index contributed by atoms with van der Waals surface area (Å²) in [6, 6.07) is 0.675. The molecule has 2 fully saturated rings. The van der Waals surface area contributed by atoms with Crippen LogP contribution in [0.2, 0.25) is 0 Å². The highest BCUT2D eigenvalue weighted by molar-refractivity contribution is 5.08. The molecule has 1 N–H and O–H groups in total. The van der Waals surface area contributed by atoms with E-state index >= 15 is 0 Å². The quantitative estimate of drug-likeness (QED) is 0.754. The van der Waals surface area contributed by atoms with Crippen LogP contribution in [0.25, 0.3) is 0 Å². The average Bonchev–Trinajstić information content (AvgIpc) is 2.67. The lowest BCUT2D eigenvalue weighted by Gasteiger charge is -2.56. The fourth-order valence-electron chi connectivity index (χ4n) is 4.11. The summed E-state index contributed by atoms with van der Waals surface area (Å²) in [6.45, 7) is 11.0. The van der Waals surface area contributed by atoms with Gasteiger partial charge in [0, 0.05) is 11.5 Å². The Morgan fingerprint density at radius 3 is 2.29 bits per heavy atom. The molecule has 124 valence electrons. The van der Waals surface area contributed by atoms with E-state index in [0.717, 1.165) is 13.2 Å². The van der Waals surface area contributed by atoms with Crippen LogP contribution in [0.4, 0.5) is 0 Å². The third-order valence-corrected chi connectivity index (χ3v) is 5.21. The van der Waals surface area contributed by atoms with Gasteiger partial charge in [-0.3, -0.25) is 0 Å². The van der Waals surface area contributed by atoms with Crippen LogP contribution in [0.3, 0.4) is 0 Å². The zero-order valence-electron chi connectivity index (χ0n) is 14.5. The predicted molar refractivity (Wildman–Crippen MR) is 87.7 cm³/mol. The molecule has 2 aliphatic carbocycles. The Balaban J connectivity index is 1.84. The summed E-state index contributed by atoms with van der Waals surface area (Å²) in [4.78, 5) is 0. The molecule has 0 amide bonds. The molecule has 2 atom stereocenters. The van der Waals surface area contributed by atoms with Gasteiger partial charge in [0.2, 0.25) is 0 Å². The van der Waals surface area contributed by atoms with Gasteiger partial charge in [-0.15, -0.1) is 0 Å². The fourth-order valence-corrected chi connectivity index (χ4v) is 4.11. The van der Waals surface area contributed by atoms with Gasteiger partial charge in [0.25, 0.3) is 0 Å². The van der Waals surface area contributed by atoms with Crippen LogP contribution in [0, 0.1) is 5.41 Å². The lowest BCUT2D eigenvalue weighted by molar-refractivity contribution is -0.157. The van der Waals surface area contributed by atoms with Gasteiger partial charge < -0.3 is 14.8 Å². The van der Waals surface area contributed by atoms with Crippen LogP contribution in [-0.2, 0) is 9.47 Å². The summed E-state index contributed by atoms with van der Waals surface area (Å²) >= 11 is 0. The Bertz CT molecular complexity index is 303. The SMILES string of the molecule is CCNC1CC(OCCOC(C)(C)C)C12CCCCCC2. The zero-order chi connectivity index (χ0) is 15.3. The summed E-state index contributed by atoms with van der Waals surface area (Å²) in [5, 5.41) is 3.70. The van der Waals surface area contributed by atoms with Gasteiger partial charge >= 0.3 is 0 Å². The van der Waals surface area contributed by atoms with Crippen molar-refractivity contribution in [1.82, 2.24) is 5.32 Å². The van der Waals surface area contributed by atoms with Gasteiger partial charge in [-0.2, -0.15) is 0 Å². The Hall–Kier alpha value is -0.120. The molecule has 2 unspecified atom stereocenters. The second kappa shape index (κ2) is 7.43. The molecule has 0 aromatic heterocycles. The van der Waals surface area contributed by atoms with Gasteiger partial charge in [-0.05, 0) is 46.6 Å². The lowest BCUT2D eigenvalue weighted by Crippen LogP contribution is -2.63. The van der Waals surface area contributed by atoms with E-state index in [1.807, 2.05) is 0 Å². The smallest absolute Gasteiger partial charge is 0.0707 e. The van der Waals surface area contributed by atoms with Crippen molar-refractivity contribution in [3.05, 3.63) is 0 Å². The molecule has 0 bridgehead atoms. The summed E-state index contributed by atoms with van der Waals surface area (Å²) in [7, 11) is 0. The fraction of sp³-hybridized carbons (Fsp3) is 1.00. The Kier molecular flexibility index (Phi) is 6.10. The summed E-state index contributed by atoms with van der Waals surface area (Å²) < 4.78 is 12.0. The molecule has 1 spiro atoms. The van der Waals surface area contributed by atoms with E-state index in [1.165, 1.54) is 44.9 Å². The molecule has 2 rings (SSSR count). The zero-order valence-corrected chi connectivity index (χ0v) is 14.5. The molecule has 0 heterocycles. The van der Waals surface area contributed by atoms with E-state index in [1.54, 1.807) is 0 Å². The van der Waals surface area contributed by atoms with E-state index in [4.69, 9.17) is 9.47 Å². The van der Waals surface area contributed by atoms with Crippen LogP contribution >= 0.6 is 0 Å². The molecule has 0 aromatic rings. The maximum Gasteiger partial charge on any atom is 0.0707 e. The number of rotatable bonds is 6. The third kappa shape index (κ3) is 4.43. The molecule has 21 heavy (non-hydrogen) atoms. The van der Waals surface area contributed by atoms with Crippen molar-refractivity contribution < 1.29 is 9.47 Å². The largest absolute Gasteiger partial charge is 0.375 e. The van der Waals surface area contributed by atoms with Crippen molar-refractivity contribution >= 4 is 0 Å². The van der Waals surface area contributed by atoms with Gasteiger partial charge in [0.1, 0.15) is 0 Å². The first-order valence-electron chi connectivity index (χ1n) is 8.97. The second-order valence-electron chi connectivity index (χ2n) is 7.81. The Morgan fingerprint density at radius 1 is 1.05 bits per heavy atom. The van der Waals surface area contributed by atoms with Crippen molar-refractivity contribution in [2.24, 2.45) is 5.41 Å². The van der Waals surface area contributed by atoms with E-state index < -0.39 is 0 Å². The van der Waals surface area contributed by atoms with Gasteiger partial charge in [-0.25, -0.2) is 0 Å². The lowest BCUT2D eigenvalue weighted by atomic mass is 9.57. The average molecular weight is 297 g/mol. The molecule has 0 aromatic carbocycles. The van der Waals surface area contributed by atoms with Crippen molar-refractivity contribution in [2.45, 2.75) is 90.4 Å².